The molecule has 0 saturated heterocycles. The molecule has 0 atom stereocenters. The molecule has 0 saturated carbocycles. The third-order valence-corrected chi connectivity index (χ3v) is 5.07. The maximum absolute atomic E-state index is 12.2. The second-order valence-corrected chi connectivity index (χ2v) is 7.07. The number of pyridine rings is 1. The van der Waals surface area contributed by atoms with E-state index in [1.807, 2.05) is 0 Å². The average Bonchev–Trinajstić information content (AvgIpc) is 2.31. The van der Waals surface area contributed by atoms with Gasteiger partial charge in [0.2, 0.25) is 0 Å². The predicted octanol–water partition coefficient (Wildman–Crippen LogP) is 2.99. The van der Waals surface area contributed by atoms with Crippen molar-refractivity contribution in [3.05, 3.63) is 45.5 Å². The number of anilines is 2. The number of hydrogen-bond donors (Lipinski definition) is 2. The minimum atomic E-state index is -3.67. The van der Waals surface area contributed by atoms with Crippen LogP contribution < -0.4 is 10.5 Å². The fraction of sp³-hybridized carbons (Fsp3) is 0. The van der Waals surface area contributed by atoms with E-state index in [-0.39, 0.29) is 4.90 Å². The van der Waals surface area contributed by atoms with Crippen molar-refractivity contribution in [2.24, 2.45) is 0 Å². The number of hydrogen-bond acceptors (Lipinski definition) is 4. The number of benzene rings is 1. The van der Waals surface area contributed by atoms with Crippen molar-refractivity contribution in [1.29, 1.82) is 0 Å². The zero-order valence-corrected chi connectivity index (χ0v) is 13.5. The van der Waals surface area contributed by atoms with Gasteiger partial charge in [-0.2, -0.15) is 0 Å². The Bertz CT molecular complexity index is 702. The number of nitrogen functional groups attached to an aromatic ring is 1. The molecule has 1 aromatic heterocycles. The van der Waals surface area contributed by atoms with Crippen molar-refractivity contribution < 1.29 is 8.42 Å². The van der Waals surface area contributed by atoms with Crippen LogP contribution >= 0.6 is 31.9 Å². The van der Waals surface area contributed by atoms with Crippen molar-refractivity contribution in [2.45, 2.75) is 4.90 Å². The summed E-state index contributed by atoms with van der Waals surface area (Å²) in [6, 6.07) is 7.89. The van der Waals surface area contributed by atoms with Gasteiger partial charge >= 0.3 is 0 Å². The van der Waals surface area contributed by atoms with Gasteiger partial charge in [0.15, 0.2) is 0 Å². The molecule has 8 heteroatoms. The molecule has 0 aliphatic heterocycles. The Morgan fingerprint density at radius 1 is 1.16 bits per heavy atom. The Balaban J connectivity index is 2.35. The van der Waals surface area contributed by atoms with Crippen LogP contribution in [0.5, 0.6) is 0 Å². The van der Waals surface area contributed by atoms with Crippen LogP contribution in [0.15, 0.2) is 50.4 Å². The predicted molar refractivity (Wildman–Crippen MR) is 81.3 cm³/mol. The highest BCUT2D eigenvalue weighted by atomic mass is 79.9. The maximum atomic E-state index is 12.2. The zero-order valence-electron chi connectivity index (χ0n) is 9.47. The van der Waals surface area contributed by atoms with Crippen LogP contribution in [0, 0.1) is 0 Å². The van der Waals surface area contributed by atoms with E-state index in [2.05, 4.69) is 41.6 Å². The summed E-state index contributed by atoms with van der Waals surface area (Å²) in [6.07, 6.45) is 1.36. The number of halogens is 2. The van der Waals surface area contributed by atoms with Crippen LogP contribution in [0.25, 0.3) is 0 Å². The van der Waals surface area contributed by atoms with Crippen molar-refractivity contribution in [1.82, 2.24) is 4.98 Å². The molecule has 100 valence electrons. The Labute approximate surface area is 127 Å². The van der Waals surface area contributed by atoms with E-state index in [1.54, 1.807) is 18.2 Å². The van der Waals surface area contributed by atoms with Gasteiger partial charge in [0.05, 0.1) is 11.9 Å². The number of nitrogens with two attached hydrogens (primary N) is 1. The molecular weight excluding hydrogens is 398 g/mol. The van der Waals surface area contributed by atoms with E-state index in [0.717, 1.165) is 4.47 Å². The van der Waals surface area contributed by atoms with E-state index < -0.39 is 10.0 Å². The third kappa shape index (κ3) is 3.46. The van der Waals surface area contributed by atoms with Gasteiger partial charge < -0.3 is 5.73 Å². The molecule has 1 heterocycles. The second-order valence-electron chi connectivity index (χ2n) is 3.65. The summed E-state index contributed by atoms with van der Waals surface area (Å²) in [5.41, 5.74) is 5.79. The van der Waals surface area contributed by atoms with E-state index in [1.165, 1.54) is 18.3 Å². The average molecular weight is 407 g/mol. The lowest BCUT2D eigenvalue weighted by atomic mass is 10.4. The van der Waals surface area contributed by atoms with Crippen LogP contribution in [0.4, 0.5) is 11.5 Å². The fourth-order valence-corrected chi connectivity index (χ4v) is 4.16. The van der Waals surface area contributed by atoms with Gasteiger partial charge in [0.1, 0.15) is 10.7 Å². The highest BCUT2D eigenvalue weighted by Gasteiger charge is 2.17. The monoisotopic (exact) mass is 405 g/mol. The molecule has 0 fully saturated rings. The first-order valence-corrected chi connectivity index (χ1v) is 8.15. The van der Waals surface area contributed by atoms with Gasteiger partial charge in [-0.15, -0.1) is 0 Å². The highest BCUT2D eigenvalue weighted by Crippen LogP contribution is 2.27. The molecule has 5 nitrogen and oxygen atoms in total. The summed E-state index contributed by atoms with van der Waals surface area (Å²) in [4.78, 5) is 3.97. The van der Waals surface area contributed by atoms with Gasteiger partial charge in [-0.25, -0.2) is 13.4 Å². The van der Waals surface area contributed by atoms with Gasteiger partial charge in [0, 0.05) is 8.95 Å². The Kier molecular flexibility index (Phi) is 4.12. The molecule has 19 heavy (non-hydrogen) atoms. The van der Waals surface area contributed by atoms with Gasteiger partial charge in [-0.3, -0.25) is 4.72 Å². The largest absolute Gasteiger partial charge is 0.384 e. The van der Waals surface area contributed by atoms with Crippen LogP contribution in [-0.2, 0) is 10.0 Å². The minimum absolute atomic E-state index is 0.146. The molecule has 0 radical (unpaired) electrons. The standard InChI is InChI=1S/C11H9Br2N3O2S/c12-7-1-3-10(9(13)5-7)19(17,18)16-8-2-4-11(14)15-6-8/h1-6,16H,(H2,14,15). The first-order chi connectivity index (χ1) is 8.88. The zero-order chi connectivity index (χ0) is 14.0. The molecule has 0 unspecified atom stereocenters. The number of rotatable bonds is 3. The summed E-state index contributed by atoms with van der Waals surface area (Å²) < 4.78 is 28.1. The normalized spacial score (nSPS) is 11.3. The topological polar surface area (TPSA) is 85.1 Å². The molecule has 0 bridgehead atoms. The summed E-state index contributed by atoms with van der Waals surface area (Å²) in [6.45, 7) is 0. The molecular formula is C11H9Br2N3O2S. The highest BCUT2D eigenvalue weighted by molar-refractivity contribution is 9.11. The molecule has 2 rings (SSSR count). The smallest absolute Gasteiger partial charge is 0.263 e. The molecule has 3 N–H and O–H groups in total. The maximum Gasteiger partial charge on any atom is 0.263 e. The fourth-order valence-electron chi connectivity index (χ4n) is 1.37. The molecule has 1 aromatic carbocycles. The van der Waals surface area contributed by atoms with Crippen molar-refractivity contribution in [3.63, 3.8) is 0 Å². The molecule has 2 aromatic rings. The van der Waals surface area contributed by atoms with E-state index in [0.29, 0.717) is 16.0 Å². The first kappa shape index (κ1) is 14.3. The third-order valence-electron chi connectivity index (χ3n) is 2.22. The van der Waals surface area contributed by atoms with Gasteiger partial charge in [-0.1, -0.05) is 15.9 Å². The molecule has 0 aliphatic rings. The summed E-state index contributed by atoms with van der Waals surface area (Å²) in [5.74, 6) is 0.327. The Hall–Kier alpha value is -1.12. The van der Waals surface area contributed by atoms with Gasteiger partial charge in [-0.05, 0) is 46.3 Å². The van der Waals surface area contributed by atoms with Crippen molar-refractivity contribution >= 4 is 53.4 Å². The minimum Gasteiger partial charge on any atom is -0.384 e. The lowest BCUT2D eigenvalue weighted by molar-refractivity contribution is 0.600. The summed E-state index contributed by atoms with van der Waals surface area (Å²) in [5, 5.41) is 0. The van der Waals surface area contributed by atoms with Crippen LogP contribution in [0.2, 0.25) is 0 Å². The first-order valence-electron chi connectivity index (χ1n) is 5.08. The van der Waals surface area contributed by atoms with E-state index in [4.69, 9.17) is 5.73 Å². The van der Waals surface area contributed by atoms with E-state index in [9.17, 15) is 8.42 Å². The van der Waals surface area contributed by atoms with E-state index >= 15 is 0 Å². The van der Waals surface area contributed by atoms with Crippen molar-refractivity contribution in [2.75, 3.05) is 10.5 Å². The van der Waals surface area contributed by atoms with Crippen LogP contribution in [0.1, 0.15) is 0 Å². The second kappa shape index (κ2) is 5.48. The molecule has 0 spiro atoms. The quantitative estimate of drug-likeness (QED) is 0.820. The number of nitrogens with zero attached hydrogens (tertiary/aromatic N) is 1. The van der Waals surface area contributed by atoms with Crippen LogP contribution in [-0.4, -0.2) is 13.4 Å². The lowest BCUT2D eigenvalue weighted by Gasteiger charge is -2.09. The number of nitrogens with one attached hydrogen (secondary N) is 1. The lowest BCUT2D eigenvalue weighted by Crippen LogP contribution is -2.13. The van der Waals surface area contributed by atoms with Gasteiger partial charge in [0.25, 0.3) is 10.0 Å². The SMILES string of the molecule is Nc1ccc(NS(=O)(=O)c2ccc(Br)cc2Br)cn1. The number of sulfonamides is 1. The molecule has 0 aliphatic carbocycles. The summed E-state index contributed by atoms with van der Waals surface area (Å²) in [7, 11) is -3.67. The Morgan fingerprint density at radius 2 is 1.89 bits per heavy atom. The van der Waals surface area contributed by atoms with Crippen LogP contribution in [0.3, 0.4) is 0 Å². The summed E-state index contributed by atoms with van der Waals surface area (Å²) >= 11 is 6.49. The number of aromatic nitrogens is 1. The van der Waals surface area contributed by atoms with Crippen molar-refractivity contribution in [3.8, 4) is 0 Å². The molecule has 0 amide bonds. The Morgan fingerprint density at radius 3 is 2.47 bits per heavy atom.